The van der Waals surface area contributed by atoms with Crippen molar-refractivity contribution in [3.63, 3.8) is 0 Å². The molecule has 3 N–H and O–H groups in total. The molecule has 1 rings (SSSR count). The highest BCUT2D eigenvalue weighted by Crippen LogP contribution is 2.20. The Kier molecular flexibility index (Phi) is 5.16. The number of carbonyl (C=O) groups is 1. The van der Waals surface area contributed by atoms with Crippen molar-refractivity contribution in [1.82, 2.24) is 9.71 Å². The summed E-state index contributed by atoms with van der Waals surface area (Å²) in [6.07, 6.45) is 0. The number of esters is 1. The van der Waals surface area contributed by atoms with Crippen LogP contribution in [-0.2, 0) is 14.8 Å². The fourth-order valence-electron chi connectivity index (χ4n) is 1.06. The fraction of sp³-hybridized carbons (Fsp3) is 0.500. The van der Waals surface area contributed by atoms with Gasteiger partial charge in [0.25, 0.3) is 10.0 Å². The zero-order chi connectivity index (χ0) is 13.8. The third-order valence-electron chi connectivity index (χ3n) is 1.92. The maximum atomic E-state index is 11.9. The van der Waals surface area contributed by atoms with Crippen LogP contribution in [0.5, 0.6) is 0 Å². The van der Waals surface area contributed by atoms with Crippen LogP contribution in [0.1, 0.15) is 10.5 Å². The van der Waals surface area contributed by atoms with Crippen LogP contribution in [0.15, 0.2) is 9.72 Å². The largest absolute Gasteiger partial charge is 0.464 e. The standard InChI is InChI=1S/C8H12N2O6S2/c1-16-7(13)6-8(17-4-9-6)18(14,15)10-5(2-11)3-12/h4-5,10-12H,2-3H2,1H3. The second kappa shape index (κ2) is 6.20. The molecule has 0 aliphatic rings. The van der Waals surface area contributed by atoms with Gasteiger partial charge in [-0.2, -0.15) is 0 Å². The summed E-state index contributed by atoms with van der Waals surface area (Å²) in [6, 6.07) is -1.04. The smallest absolute Gasteiger partial charge is 0.358 e. The number of hydrogen-bond acceptors (Lipinski definition) is 8. The Bertz CT molecular complexity index is 507. The number of nitrogens with one attached hydrogen (secondary N) is 1. The Morgan fingerprint density at radius 2 is 2.17 bits per heavy atom. The first kappa shape index (κ1) is 15.0. The van der Waals surface area contributed by atoms with Crippen molar-refractivity contribution in [1.29, 1.82) is 0 Å². The number of rotatable bonds is 6. The first-order valence-corrected chi connectivity index (χ1v) is 7.08. The van der Waals surface area contributed by atoms with E-state index < -0.39 is 35.2 Å². The quantitative estimate of drug-likeness (QED) is 0.549. The molecule has 0 radical (unpaired) electrons. The number of sulfonamides is 1. The number of carbonyl (C=O) groups excluding carboxylic acids is 1. The van der Waals surface area contributed by atoms with E-state index in [1.165, 1.54) is 5.51 Å². The lowest BCUT2D eigenvalue weighted by Crippen LogP contribution is -2.40. The summed E-state index contributed by atoms with van der Waals surface area (Å²) < 4.78 is 29.9. The van der Waals surface area contributed by atoms with E-state index in [1.54, 1.807) is 0 Å². The molecule has 8 nitrogen and oxygen atoms in total. The van der Waals surface area contributed by atoms with Gasteiger partial charge >= 0.3 is 5.97 Å². The number of aliphatic hydroxyl groups excluding tert-OH is 2. The number of aromatic nitrogens is 1. The van der Waals surface area contributed by atoms with E-state index >= 15 is 0 Å². The molecule has 18 heavy (non-hydrogen) atoms. The molecule has 0 fully saturated rings. The van der Waals surface area contributed by atoms with Crippen molar-refractivity contribution >= 4 is 27.3 Å². The minimum absolute atomic E-state index is 0.318. The average Bonchev–Trinajstić information content (AvgIpc) is 2.85. The highest BCUT2D eigenvalue weighted by atomic mass is 32.2. The third-order valence-corrected chi connectivity index (χ3v) is 4.81. The maximum absolute atomic E-state index is 11.9. The van der Waals surface area contributed by atoms with Gasteiger partial charge in [0.05, 0.1) is 31.9 Å². The molecule has 102 valence electrons. The molecule has 0 amide bonds. The third kappa shape index (κ3) is 3.23. The highest BCUT2D eigenvalue weighted by molar-refractivity contribution is 7.91. The van der Waals surface area contributed by atoms with Gasteiger partial charge < -0.3 is 14.9 Å². The van der Waals surface area contributed by atoms with E-state index in [0.29, 0.717) is 0 Å². The summed E-state index contributed by atoms with van der Waals surface area (Å²) in [4.78, 5) is 14.9. The lowest BCUT2D eigenvalue weighted by atomic mass is 10.4. The summed E-state index contributed by atoms with van der Waals surface area (Å²) in [5.41, 5.74) is 0.859. The van der Waals surface area contributed by atoms with Crippen LogP contribution in [0.25, 0.3) is 0 Å². The van der Waals surface area contributed by atoms with Gasteiger partial charge in [0.15, 0.2) is 9.90 Å². The molecule has 0 bridgehead atoms. The van der Waals surface area contributed by atoms with Crippen LogP contribution in [-0.4, -0.2) is 55.9 Å². The van der Waals surface area contributed by atoms with Crippen LogP contribution in [0.4, 0.5) is 0 Å². The Labute approximate surface area is 107 Å². The molecule has 0 aliphatic carbocycles. The van der Waals surface area contributed by atoms with Crippen molar-refractivity contribution in [3.8, 4) is 0 Å². The van der Waals surface area contributed by atoms with E-state index in [4.69, 9.17) is 10.2 Å². The lowest BCUT2D eigenvalue weighted by molar-refractivity contribution is 0.0590. The molecule has 1 aromatic rings. The van der Waals surface area contributed by atoms with Gasteiger partial charge in [0.2, 0.25) is 0 Å². The van der Waals surface area contributed by atoms with Crippen molar-refractivity contribution in [2.75, 3.05) is 20.3 Å². The molecule has 0 saturated carbocycles. The van der Waals surface area contributed by atoms with Crippen molar-refractivity contribution in [2.24, 2.45) is 0 Å². The van der Waals surface area contributed by atoms with Gasteiger partial charge in [-0.1, -0.05) is 0 Å². The first-order chi connectivity index (χ1) is 8.46. The van der Waals surface area contributed by atoms with Crippen molar-refractivity contribution in [2.45, 2.75) is 10.3 Å². The summed E-state index contributed by atoms with van der Waals surface area (Å²) in [6.45, 7) is -1.13. The molecular formula is C8H12N2O6S2. The van der Waals surface area contributed by atoms with Crippen molar-refractivity contribution < 1.29 is 28.2 Å². The number of ether oxygens (including phenoxy) is 1. The molecule has 0 atom stereocenters. The minimum Gasteiger partial charge on any atom is -0.464 e. The van der Waals surface area contributed by atoms with Gasteiger partial charge in [0, 0.05) is 0 Å². The summed E-state index contributed by atoms with van der Waals surface area (Å²) >= 11 is 0.737. The molecule has 0 aliphatic heterocycles. The van der Waals surface area contributed by atoms with Gasteiger partial charge in [-0.25, -0.2) is 22.9 Å². The topological polar surface area (TPSA) is 126 Å². The van der Waals surface area contributed by atoms with Gasteiger partial charge in [-0.05, 0) is 0 Å². The number of hydrogen-bond donors (Lipinski definition) is 3. The molecular weight excluding hydrogens is 284 g/mol. The Hall–Kier alpha value is -1.07. The van der Waals surface area contributed by atoms with Crippen LogP contribution in [0.2, 0.25) is 0 Å². The second-order valence-electron chi connectivity index (χ2n) is 3.16. The normalized spacial score (nSPS) is 11.8. The molecule has 0 spiro atoms. The lowest BCUT2D eigenvalue weighted by Gasteiger charge is -2.12. The molecule has 10 heteroatoms. The van der Waals surface area contributed by atoms with Crippen LogP contribution in [0.3, 0.4) is 0 Å². The predicted octanol–water partition coefficient (Wildman–Crippen LogP) is -1.44. The SMILES string of the molecule is COC(=O)c1ncsc1S(=O)(=O)NC(CO)CO. The zero-order valence-corrected chi connectivity index (χ0v) is 11.0. The predicted molar refractivity (Wildman–Crippen MR) is 61.7 cm³/mol. The van der Waals surface area contributed by atoms with E-state index in [0.717, 1.165) is 18.4 Å². The number of aliphatic hydroxyl groups is 2. The minimum atomic E-state index is -4.04. The molecule has 1 aromatic heterocycles. The summed E-state index contributed by atoms with van der Waals surface area (Å²) in [7, 11) is -2.93. The zero-order valence-electron chi connectivity index (χ0n) is 9.36. The fourth-order valence-corrected chi connectivity index (χ4v) is 3.43. The highest BCUT2D eigenvalue weighted by Gasteiger charge is 2.28. The van der Waals surface area contributed by atoms with E-state index in [9.17, 15) is 13.2 Å². The number of methoxy groups -OCH3 is 1. The van der Waals surface area contributed by atoms with Crippen LogP contribution >= 0.6 is 11.3 Å². The van der Waals surface area contributed by atoms with E-state index in [2.05, 4.69) is 9.72 Å². The second-order valence-corrected chi connectivity index (χ2v) is 5.93. The average molecular weight is 296 g/mol. The molecule has 0 aromatic carbocycles. The molecule has 0 unspecified atom stereocenters. The molecule has 1 heterocycles. The summed E-state index contributed by atoms with van der Waals surface area (Å²) in [5, 5.41) is 17.6. The van der Waals surface area contributed by atoms with Gasteiger partial charge in [-0.3, -0.25) is 0 Å². The van der Waals surface area contributed by atoms with E-state index in [-0.39, 0.29) is 9.90 Å². The number of nitrogens with zero attached hydrogens (tertiary/aromatic N) is 1. The molecule has 0 saturated heterocycles. The summed E-state index contributed by atoms with van der Waals surface area (Å²) in [5.74, 6) is -0.874. The van der Waals surface area contributed by atoms with Crippen LogP contribution in [0, 0.1) is 0 Å². The Morgan fingerprint density at radius 1 is 1.56 bits per heavy atom. The maximum Gasteiger partial charge on any atom is 0.358 e. The first-order valence-electron chi connectivity index (χ1n) is 4.72. The Balaban J connectivity index is 3.06. The van der Waals surface area contributed by atoms with Gasteiger partial charge in [-0.15, -0.1) is 11.3 Å². The van der Waals surface area contributed by atoms with Gasteiger partial charge in [0.1, 0.15) is 0 Å². The van der Waals surface area contributed by atoms with Crippen LogP contribution < -0.4 is 4.72 Å². The monoisotopic (exact) mass is 296 g/mol. The number of thiazole rings is 1. The Morgan fingerprint density at radius 3 is 2.67 bits per heavy atom. The van der Waals surface area contributed by atoms with Crippen molar-refractivity contribution in [3.05, 3.63) is 11.2 Å². The van der Waals surface area contributed by atoms with E-state index in [1.807, 2.05) is 4.72 Å².